The molecular weight excluding hydrogens is 240 g/mol. The summed E-state index contributed by atoms with van der Waals surface area (Å²) in [4.78, 5) is 0. The van der Waals surface area contributed by atoms with E-state index < -0.39 is 0 Å². The molecule has 0 aliphatic heterocycles. The van der Waals surface area contributed by atoms with E-state index in [9.17, 15) is 0 Å². The van der Waals surface area contributed by atoms with Crippen molar-refractivity contribution in [1.29, 1.82) is 0 Å². The molecule has 118 valence electrons. The summed E-state index contributed by atoms with van der Waals surface area (Å²) >= 11 is 0. The van der Waals surface area contributed by atoms with Crippen LogP contribution in [0.15, 0.2) is 0 Å². The first-order chi connectivity index (χ1) is 9.39. The summed E-state index contributed by atoms with van der Waals surface area (Å²) in [6, 6.07) is 0. The van der Waals surface area contributed by atoms with Gasteiger partial charge in [0.2, 0.25) is 0 Å². The first kappa shape index (κ1) is 16.4. The van der Waals surface area contributed by atoms with Gasteiger partial charge in [-0.2, -0.15) is 0 Å². The second kappa shape index (κ2) is 6.84. The molecule has 1 unspecified atom stereocenters. The molecule has 0 bridgehead atoms. The van der Waals surface area contributed by atoms with Crippen molar-refractivity contribution < 1.29 is 0 Å². The summed E-state index contributed by atoms with van der Waals surface area (Å²) in [5, 5.41) is 0. The van der Waals surface area contributed by atoms with E-state index >= 15 is 0 Å². The van der Waals surface area contributed by atoms with Gasteiger partial charge < -0.3 is 0 Å². The molecule has 2 saturated carbocycles. The third-order valence-corrected chi connectivity index (χ3v) is 6.86. The highest BCUT2D eigenvalue weighted by Crippen LogP contribution is 2.47. The van der Waals surface area contributed by atoms with Gasteiger partial charge in [0.1, 0.15) is 0 Å². The van der Waals surface area contributed by atoms with Crippen molar-refractivity contribution >= 4 is 0 Å². The minimum absolute atomic E-state index is 0.661. The summed E-state index contributed by atoms with van der Waals surface area (Å²) in [6.45, 7) is 12.4. The fraction of sp³-hybridized carbons (Fsp3) is 1.00. The van der Waals surface area contributed by atoms with Crippen LogP contribution in [0.3, 0.4) is 0 Å². The van der Waals surface area contributed by atoms with Crippen LogP contribution in [0.25, 0.3) is 0 Å². The Hall–Kier alpha value is 0. The van der Waals surface area contributed by atoms with Crippen molar-refractivity contribution in [3.8, 4) is 0 Å². The molecule has 0 aromatic heterocycles. The first-order valence-corrected chi connectivity index (χ1v) is 9.39. The summed E-state index contributed by atoms with van der Waals surface area (Å²) in [5.74, 6) is 4.90. The van der Waals surface area contributed by atoms with Gasteiger partial charge in [0.25, 0.3) is 0 Å². The monoisotopic (exact) mass is 278 g/mol. The van der Waals surface area contributed by atoms with E-state index in [2.05, 4.69) is 34.6 Å². The molecule has 0 aromatic carbocycles. The minimum Gasteiger partial charge on any atom is -0.0625 e. The van der Waals surface area contributed by atoms with Crippen LogP contribution in [0.5, 0.6) is 0 Å². The third kappa shape index (κ3) is 4.25. The second-order valence-corrected chi connectivity index (χ2v) is 9.09. The van der Waals surface area contributed by atoms with E-state index in [0.717, 1.165) is 29.6 Å². The molecule has 0 heteroatoms. The van der Waals surface area contributed by atoms with E-state index in [-0.39, 0.29) is 0 Å². The summed E-state index contributed by atoms with van der Waals surface area (Å²) in [7, 11) is 0. The molecule has 0 N–H and O–H groups in total. The van der Waals surface area contributed by atoms with Gasteiger partial charge in [0, 0.05) is 0 Å². The molecule has 0 spiro atoms. The average Bonchev–Trinajstić information content (AvgIpc) is 2.39. The zero-order chi connectivity index (χ0) is 14.8. The van der Waals surface area contributed by atoms with Crippen molar-refractivity contribution in [3.63, 3.8) is 0 Å². The molecule has 2 aliphatic carbocycles. The lowest BCUT2D eigenvalue weighted by Crippen LogP contribution is -2.30. The van der Waals surface area contributed by atoms with E-state index in [0.29, 0.717) is 5.41 Å². The molecule has 0 radical (unpaired) electrons. The van der Waals surface area contributed by atoms with Crippen LogP contribution < -0.4 is 0 Å². The fourth-order valence-electron chi connectivity index (χ4n) is 5.01. The zero-order valence-electron chi connectivity index (χ0n) is 14.8. The van der Waals surface area contributed by atoms with E-state index in [4.69, 9.17) is 0 Å². The molecule has 0 nitrogen and oxygen atoms in total. The lowest BCUT2D eigenvalue weighted by molar-refractivity contribution is 0.0908. The van der Waals surface area contributed by atoms with Crippen molar-refractivity contribution in [2.45, 2.75) is 92.4 Å². The largest absolute Gasteiger partial charge is 0.0625 e. The van der Waals surface area contributed by atoms with Crippen molar-refractivity contribution in [2.24, 2.45) is 35.0 Å². The Morgan fingerprint density at radius 2 is 1.40 bits per heavy atom. The molecule has 0 heterocycles. The Balaban J connectivity index is 1.80. The van der Waals surface area contributed by atoms with E-state index in [1.165, 1.54) is 57.8 Å². The summed E-state index contributed by atoms with van der Waals surface area (Å²) in [6.07, 6.45) is 13.4. The quantitative estimate of drug-likeness (QED) is 0.537. The Morgan fingerprint density at radius 3 is 1.90 bits per heavy atom. The van der Waals surface area contributed by atoms with Crippen LogP contribution in [0, 0.1) is 35.0 Å². The van der Waals surface area contributed by atoms with Gasteiger partial charge in [-0.3, -0.25) is 0 Å². The molecule has 1 atom stereocenters. The van der Waals surface area contributed by atoms with Gasteiger partial charge in [-0.05, 0) is 80.0 Å². The highest BCUT2D eigenvalue weighted by atomic mass is 14.4. The van der Waals surface area contributed by atoms with E-state index in [1.807, 2.05) is 0 Å². The predicted molar refractivity (Wildman–Crippen MR) is 89.8 cm³/mol. The van der Waals surface area contributed by atoms with Crippen LogP contribution >= 0.6 is 0 Å². The van der Waals surface area contributed by atoms with Crippen LogP contribution in [0.4, 0.5) is 0 Å². The third-order valence-electron chi connectivity index (χ3n) is 6.86. The average molecular weight is 279 g/mol. The smallest absolute Gasteiger partial charge is 0.0323 e. The van der Waals surface area contributed by atoms with Crippen molar-refractivity contribution in [2.75, 3.05) is 0 Å². The molecule has 0 amide bonds. The van der Waals surface area contributed by atoms with Crippen molar-refractivity contribution in [3.05, 3.63) is 0 Å². The minimum atomic E-state index is 0.661. The van der Waals surface area contributed by atoms with Gasteiger partial charge in [0.15, 0.2) is 0 Å². The molecule has 20 heavy (non-hydrogen) atoms. The first-order valence-electron chi connectivity index (χ1n) is 9.39. The summed E-state index contributed by atoms with van der Waals surface area (Å²) in [5.41, 5.74) is 0.661. The Kier molecular flexibility index (Phi) is 5.60. The van der Waals surface area contributed by atoms with Gasteiger partial charge >= 0.3 is 0 Å². The fourth-order valence-corrected chi connectivity index (χ4v) is 5.01. The normalized spacial score (nSPS) is 40.8. The molecule has 2 aliphatic rings. The molecule has 2 fully saturated rings. The standard InChI is InChI=1S/C20H38/c1-15(2)18-10-12-20(5,13-11-18)14-17(4)19-8-6-16(3)7-9-19/h15-19H,6-14H2,1-5H3. The maximum absolute atomic E-state index is 2.59. The highest BCUT2D eigenvalue weighted by Gasteiger charge is 2.35. The second-order valence-electron chi connectivity index (χ2n) is 9.09. The Bertz CT molecular complexity index is 274. The molecular formula is C20H38. The van der Waals surface area contributed by atoms with Gasteiger partial charge in [0.05, 0.1) is 0 Å². The number of hydrogen-bond donors (Lipinski definition) is 0. The van der Waals surface area contributed by atoms with Crippen LogP contribution in [-0.4, -0.2) is 0 Å². The van der Waals surface area contributed by atoms with E-state index in [1.54, 1.807) is 0 Å². The Labute approximate surface area is 128 Å². The lowest BCUT2D eigenvalue weighted by atomic mass is 9.63. The topological polar surface area (TPSA) is 0 Å². The molecule has 0 aromatic rings. The van der Waals surface area contributed by atoms with Crippen molar-refractivity contribution in [1.82, 2.24) is 0 Å². The van der Waals surface area contributed by atoms with Crippen LogP contribution in [0.2, 0.25) is 0 Å². The Morgan fingerprint density at radius 1 is 0.850 bits per heavy atom. The van der Waals surface area contributed by atoms with Crippen LogP contribution in [-0.2, 0) is 0 Å². The number of hydrogen-bond acceptors (Lipinski definition) is 0. The predicted octanol–water partition coefficient (Wildman–Crippen LogP) is 6.69. The summed E-state index contributed by atoms with van der Waals surface area (Å²) < 4.78 is 0. The highest BCUT2D eigenvalue weighted by molar-refractivity contribution is 4.86. The van der Waals surface area contributed by atoms with Gasteiger partial charge in [-0.1, -0.05) is 47.5 Å². The molecule has 2 rings (SSSR count). The van der Waals surface area contributed by atoms with Gasteiger partial charge in [-0.25, -0.2) is 0 Å². The van der Waals surface area contributed by atoms with Crippen LogP contribution in [0.1, 0.15) is 92.4 Å². The lowest BCUT2D eigenvalue weighted by Gasteiger charge is -2.42. The van der Waals surface area contributed by atoms with Gasteiger partial charge in [-0.15, -0.1) is 0 Å². The molecule has 0 saturated heterocycles. The number of rotatable bonds is 4. The maximum atomic E-state index is 2.59. The maximum Gasteiger partial charge on any atom is -0.0323 e. The zero-order valence-corrected chi connectivity index (χ0v) is 14.8. The SMILES string of the molecule is CC1CCC(C(C)CC2(C)CCC(C(C)C)CC2)CC1.